The molecule has 1 aliphatic heterocycles. The van der Waals surface area contributed by atoms with Gasteiger partial charge in [-0.1, -0.05) is 12.1 Å². The fourth-order valence-corrected chi connectivity index (χ4v) is 2.92. The van der Waals surface area contributed by atoms with Gasteiger partial charge in [-0.15, -0.1) is 0 Å². The summed E-state index contributed by atoms with van der Waals surface area (Å²) in [7, 11) is 0. The van der Waals surface area contributed by atoms with E-state index in [1.165, 1.54) is 0 Å². The lowest BCUT2D eigenvalue weighted by Gasteiger charge is -2.29. The Hall–Kier alpha value is -1.76. The number of hydrogen-bond donors (Lipinski definition) is 1. The van der Waals surface area contributed by atoms with E-state index in [9.17, 15) is 18.0 Å². The molecule has 7 heteroatoms. The maximum Gasteiger partial charge on any atom is 0.405 e. The molecule has 0 saturated carbocycles. The number of hydrogen-bond acceptors (Lipinski definition) is 3. The number of nitrogens with zero attached hydrogens (tertiary/aromatic N) is 1. The first kappa shape index (κ1) is 19.6. The van der Waals surface area contributed by atoms with E-state index >= 15 is 0 Å². The van der Waals surface area contributed by atoms with Crippen molar-refractivity contribution in [2.24, 2.45) is 5.41 Å². The second kappa shape index (κ2) is 7.64. The van der Waals surface area contributed by atoms with Crippen LogP contribution in [0.4, 0.5) is 13.2 Å². The molecule has 0 aliphatic carbocycles. The molecule has 1 heterocycles. The Morgan fingerprint density at radius 2 is 1.92 bits per heavy atom. The summed E-state index contributed by atoms with van der Waals surface area (Å²) in [6.45, 7) is 5.82. The van der Waals surface area contributed by atoms with Crippen LogP contribution in [0.1, 0.15) is 39.2 Å². The second-order valence-corrected chi connectivity index (χ2v) is 6.98. The first-order valence-corrected chi connectivity index (χ1v) is 8.49. The molecule has 1 atom stereocenters. The number of amides is 1. The van der Waals surface area contributed by atoms with Crippen molar-refractivity contribution in [2.45, 2.75) is 52.3 Å². The molecule has 1 aromatic rings. The minimum Gasteiger partial charge on any atom is -0.494 e. The summed E-state index contributed by atoms with van der Waals surface area (Å²) in [5.41, 5.74) is 2.54. The van der Waals surface area contributed by atoms with Crippen molar-refractivity contribution in [1.29, 1.82) is 0 Å². The van der Waals surface area contributed by atoms with Gasteiger partial charge in [0.2, 0.25) is 5.91 Å². The third-order valence-corrected chi connectivity index (χ3v) is 4.36. The van der Waals surface area contributed by atoms with Gasteiger partial charge in [0.1, 0.15) is 11.8 Å². The van der Waals surface area contributed by atoms with Crippen molar-refractivity contribution in [3.05, 3.63) is 29.8 Å². The summed E-state index contributed by atoms with van der Waals surface area (Å²) >= 11 is 0. The molecule has 0 aromatic heterocycles. The lowest BCUT2D eigenvalue weighted by Crippen LogP contribution is -2.50. The lowest BCUT2D eigenvalue weighted by molar-refractivity contribution is -0.190. The van der Waals surface area contributed by atoms with Crippen molar-refractivity contribution >= 4 is 5.91 Å². The van der Waals surface area contributed by atoms with Crippen LogP contribution in [0.25, 0.3) is 0 Å². The minimum absolute atomic E-state index is 0.0546. The van der Waals surface area contributed by atoms with Crippen molar-refractivity contribution in [2.75, 3.05) is 13.2 Å². The number of carbonyl (C=O) groups excluding carboxylic acids is 1. The zero-order valence-corrected chi connectivity index (χ0v) is 14.8. The van der Waals surface area contributed by atoms with Crippen molar-refractivity contribution < 1.29 is 22.7 Å². The summed E-state index contributed by atoms with van der Waals surface area (Å²) in [4.78, 5) is 11.8. The predicted octanol–water partition coefficient (Wildman–Crippen LogP) is 3.71. The fourth-order valence-electron chi connectivity index (χ4n) is 2.92. The van der Waals surface area contributed by atoms with E-state index in [2.05, 4.69) is 5.43 Å². The van der Waals surface area contributed by atoms with Gasteiger partial charge in [-0.2, -0.15) is 13.2 Å². The quantitative estimate of drug-likeness (QED) is 0.808. The van der Waals surface area contributed by atoms with E-state index in [0.717, 1.165) is 16.3 Å². The van der Waals surface area contributed by atoms with Crippen molar-refractivity contribution in [3.8, 4) is 5.75 Å². The molecule has 1 N–H and O–H groups in total. The predicted molar refractivity (Wildman–Crippen MR) is 89.0 cm³/mol. The van der Waals surface area contributed by atoms with Crippen molar-refractivity contribution in [1.82, 2.24) is 10.4 Å². The topological polar surface area (TPSA) is 41.6 Å². The van der Waals surface area contributed by atoms with Crippen LogP contribution in [-0.4, -0.2) is 36.3 Å². The molecule has 140 valence electrons. The van der Waals surface area contributed by atoms with E-state index in [4.69, 9.17) is 4.74 Å². The third-order valence-electron chi connectivity index (χ3n) is 4.36. The highest BCUT2D eigenvalue weighted by Crippen LogP contribution is 2.33. The zero-order chi connectivity index (χ0) is 18.7. The summed E-state index contributed by atoms with van der Waals surface area (Å²) < 4.78 is 45.6. The van der Waals surface area contributed by atoms with Crippen LogP contribution in [0, 0.1) is 5.41 Å². The Bertz CT molecular complexity index is 585. The van der Waals surface area contributed by atoms with E-state index in [0.29, 0.717) is 19.4 Å². The molecule has 1 saturated heterocycles. The monoisotopic (exact) mass is 358 g/mol. The molecule has 0 bridgehead atoms. The number of alkyl halides is 3. The Labute approximate surface area is 146 Å². The summed E-state index contributed by atoms with van der Waals surface area (Å²) in [5, 5.41) is 1.04. The molecule has 1 fully saturated rings. The zero-order valence-electron chi connectivity index (χ0n) is 14.8. The maximum atomic E-state index is 13.4. The normalized spacial score (nSPS) is 18.9. The number of rotatable bonds is 7. The van der Waals surface area contributed by atoms with Gasteiger partial charge in [-0.3, -0.25) is 10.2 Å². The number of ether oxygens (including phenoxy) is 1. The van der Waals surface area contributed by atoms with Crippen LogP contribution in [0.5, 0.6) is 5.75 Å². The van der Waals surface area contributed by atoms with Crippen LogP contribution >= 0.6 is 0 Å². The molecule has 25 heavy (non-hydrogen) atoms. The first-order valence-electron chi connectivity index (χ1n) is 8.49. The Balaban J connectivity index is 1.94. The molecule has 1 aromatic carbocycles. The van der Waals surface area contributed by atoms with Gasteiger partial charge < -0.3 is 4.74 Å². The molecule has 0 radical (unpaired) electrons. The highest BCUT2D eigenvalue weighted by molar-refractivity contribution is 5.83. The van der Waals surface area contributed by atoms with Gasteiger partial charge in [-0.05, 0) is 57.7 Å². The molecular weight excluding hydrogens is 333 g/mol. The number of aryl methyl sites for hydroxylation is 1. The number of benzene rings is 1. The minimum atomic E-state index is -4.38. The van der Waals surface area contributed by atoms with E-state index in [-0.39, 0.29) is 18.9 Å². The molecule has 1 aliphatic rings. The average molecular weight is 358 g/mol. The number of nitrogens with one attached hydrogen (secondary N) is 1. The Morgan fingerprint density at radius 3 is 2.40 bits per heavy atom. The van der Waals surface area contributed by atoms with Gasteiger partial charge in [-0.25, -0.2) is 5.01 Å². The maximum absolute atomic E-state index is 13.4. The Morgan fingerprint density at radius 1 is 1.28 bits per heavy atom. The molecule has 2 rings (SSSR count). The molecule has 0 spiro atoms. The fraction of sp³-hybridized carbons (Fsp3) is 0.611. The van der Waals surface area contributed by atoms with Crippen LogP contribution in [-0.2, 0) is 11.2 Å². The number of carbonyl (C=O) groups is 1. The van der Waals surface area contributed by atoms with Gasteiger partial charge in [0, 0.05) is 6.54 Å². The van der Waals surface area contributed by atoms with E-state index < -0.39 is 17.6 Å². The molecule has 1 amide bonds. The van der Waals surface area contributed by atoms with Crippen LogP contribution in [0.2, 0.25) is 0 Å². The van der Waals surface area contributed by atoms with E-state index in [1.807, 2.05) is 31.2 Å². The average Bonchev–Trinajstić information content (AvgIpc) is 2.77. The van der Waals surface area contributed by atoms with Gasteiger partial charge in [0.05, 0.1) is 12.0 Å². The summed E-state index contributed by atoms with van der Waals surface area (Å²) in [6.07, 6.45) is -3.52. The third kappa shape index (κ3) is 5.11. The SMILES string of the molecule is CCOc1ccc(CCC[C@H](N2CC(C)(C)C(=O)N2)C(F)(F)F)cc1. The van der Waals surface area contributed by atoms with Gasteiger partial charge in [0.15, 0.2) is 0 Å². The highest BCUT2D eigenvalue weighted by atomic mass is 19.4. The van der Waals surface area contributed by atoms with Gasteiger partial charge in [0.25, 0.3) is 0 Å². The van der Waals surface area contributed by atoms with Crippen LogP contribution < -0.4 is 10.2 Å². The number of hydrazine groups is 1. The smallest absolute Gasteiger partial charge is 0.405 e. The molecule has 0 unspecified atom stereocenters. The number of halogens is 3. The van der Waals surface area contributed by atoms with Crippen molar-refractivity contribution in [3.63, 3.8) is 0 Å². The first-order chi connectivity index (χ1) is 11.6. The summed E-state index contributed by atoms with van der Waals surface area (Å²) in [6, 6.07) is 5.72. The van der Waals surface area contributed by atoms with Gasteiger partial charge >= 0.3 is 6.18 Å². The Kier molecular flexibility index (Phi) is 5.98. The van der Waals surface area contributed by atoms with Crippen LogP contribution in [0.15, 0.2) is 24.3 Å². The standard InChI is InChI=1S/C18H25F3N2O2/c1-4-25-14-10-8-13(9-11-14)6-5-7-15(18(19,20)21)23-12-17(2,3)16(24)22-23/h8-11,15H,4-7,12H2,1-3H3,(H,22,24)/t15-/m0/s1. The van der Waals surface area contributed by atoms with E-state index in [1.54, 1.807) is 13.8 Å². The molecule has 4 nitrogen and oxygen atoms in total. The second-order valence-electron chi connectivity index (χ2n) is 6.98. The molecular formula is C18H25F3N2O2. The summed E-state index contributed by atoms with van der Waals surface area (Å²) in [5.74, 6) is 0.384. The lowest BCUT2D eigenvalue weighted by atomic mass is 9.94. The van der Waals surface area contributed by atoms with Crippen LogP contribution in [0.3, 0.4) is 0 Å². The highest BCUT2D eigenvalue weighted by Gasteiger charge is 2.49. The largest absolute Gasteiger partial charge is 0.494 e.